The highest BCUT2D eigenvalue weighted by Crippen LogP contribution is 2.47. The van der Waals surface area contributed by atoms with Crippen LogP contribution in [0, 0.1) is 0 Å². The number of nitrogens with zero attached hydrogens (tertiary/aromatic N) is 4. The van der Waals surface area contributed by atoms with Crippen molar-refractivity contribution in [2.75, 3.05) is 9.80 Å². The summed E-state index contributed by atoms with van der Waals surface area (Å²) in [5, 5.41) is 12.0. The first kappa shape index (κ1) is 46.3. The number of hydrogen-bond acceptors (Lipinski definition) is 4. The Morgan fingerprint density at radius 3 is 0.965 bits per heavy atom. The van der Waals surface area contributed by atoms with Crippen molar-refractivity contribution >= 4 is 156 Å². The Morgan fingerprint density at radius 2 is 0.570 bits per heavy atom. The summed E-state index contributed by atoms with van der Waals surface area (Å²) in [6.07, 6.45) is 0. The zero-order valence-electron chi connectivity index (χ0n) is 46.3. The molecule has 4 aliphatic rings. The molecule has 6 heterocycles. The van der Waals surface area contributed by atoms with Crippen LogP contribution in [0.4, 0.5) is 34.1 Å². The van der Waals surface area contributed by atoms with Gasteiger partial charge in [-0.15, -0.1) is 0 Å². The van der Waals surface area contributed by atoms with Crippen LogP contribution in [0.5, 0.6) is 23.0 Å². The molecule has 4 aliphatic heterocycles. The van der Waals surface area contributed by atoms with E-state index in [1.165, 1.54) is 87.0 Å². The molecular weight excluding hydrogens is 1050 g/mol. The predicted octanol–water partition coefficient (Wildman–Crippen LogP) is 16.2. The zero-order valence-corrected chi connectivity index (χ0v) is 46.3. The van der Waals surface area contributed by atoms with Crippen LogP contribution in [0.3, 0.4) is 0 Å². The Bertz CT molecular complexity index is 5200. The second-order valence-electron chi connectivity index (χ2n) is 23.4. The van der Waals surface area contributed by atoms with E-state index < -0.39 is 0 Å². The van der Waals surface area contributed by atoms with Crippen LogP contribution >= 0.6 is 0 Å². The monoisotopic (exact) mass is 1090 g/mol. The highest BCUT2D eigenvalue weighted by molar-refractivity contribution is 7.00. The van der Waals surface area contributed by atoms with Gasteiger partial charge in [-0.25, -0.2) is 0 Å². The van der Waals surface area contributed by atoms with Crippen LogP contribution in [0.15, 0.2) is 279 Å². The number of rotatable bonds is 4. The second-order valence-corrected chi connectivity index (χ2v) is 23.4. The summed E-state index contributed by atoms with van der Waals surface area (Å²) in [4.78, 5) is 4.89. The van der Waals surface area contributed by atoms with Crippen molar-refractivity contribution in [2.24, 2.45) is 0 Å². The van der Waals surface area contributed by atoms with E-state index in [4.69, 9.17) is 9.47 Å². The molecule has 0 saturated heterocycles. The van der Waals surface area contributed by atoms with Gasteiger partial charge in [-0.2, -0.15) is 0 Å². The maximum Gasteiger partial charge on any atom is 0.256 e. The van der Waals surface area contributed by atoms with Crippen LogP contribution in [0.2, 0.25) is 0 Å². The van der Waals surface area contributed by atoms with Crippen molar-refractivity contribution in [3.8, 4) is 34.4 Å². The molecule has 2 aromatic heterocycles. The molecule has 20 rings (SSSR count). The molecule has 396 valence electrons. The van der Waals surface area contributed by atoms with Gasteiger partial charge in [-0.05, 0) is 174 Å². The molecule has 0 fully saturated rings. The average molecular weight is 1090 g/mol. The van der Waals surface area contributed by atoms with Gasteiger partial charge in [0, 0.05) is 67.0 Å². The first-order chi connectivity index (χ1) is 42.7. The lowest BCUT2D eigenvalue weighted by molar-refractivity contribution is 0.487. The molecule has 0 atom stereocenters. The number of para-hydroxylation sites is 6. The molecule has 6 nitrogen and oxygen atoms in total. The molecule has 8 heteroatoms. The number of anilines is 6. The van der Waals surface area contributed by atoms with Crippen LogP contribution < -0.4 is 52.1 Å². The quantitative estimate of drug-likeness (QED) is 0.130. The van der Waals surface area contributed by atoms with E-state index in [-0.39, 0.29) is 13.4 Å². The number of ether oxygens (including phenoxy) is 2. The fraction of sp³-hybridized carbons (Fsp3) is 0. The highest BCUT2D eigenvalue weighted by Gasteiger charge is 2.44. The van der Waals surface area contributed by atoms with Crippen molar-refractivity contribution in [3.63, 3.8) is 0 Å². The van der Waals surface area contributed by atoms with E-state index in [0.717, 1.165) is 90.2 Å². The second kappa shape index (κ2) is 17.2. The summed E-state index contributed by atoms with van der Waals surface area (Å²) in [5.74, 6) is 3.48. The van der Waals surface area contributed by atoms with Gasteiger partial charge >= 0.3 is 0 Å². The normalized spacial score (nSPS) is 13.4. The summed E-state index contributed by atoms with van der Waals surface area (Å²) < 4.78 is 19.4. The summed E-state index contributed by atoms with van der Waals surface area (Å²) in [5.41, 5.74) is 20.8. The lowest BCUT2D eigenvalue weighted by Gasteiger charge is -2.40. The third-order valence-corrected chi connectivity index (χ3v) is 19.1. The summed E-state index contributed by atoms with van der Waals surface area (Å²) in [7, 11) is 0. The number of aromatic nitrogens is 2. The van der Waals surface area contributed by atoms with Crippen LogP contribution in [0.1, 0.15) is 0 Å². The van der Waals surface area contributed by atoms with E-state index in [9.17, 15) is 0 Å². The largest absolute Gasteiger partial charge is 0.458 e. The number of hydrogen-bond donors (Lipinski definition) is 0. The van der Waals surface area contributed by atoms with Gasteiger partial charge in [0.15, 0.2) is 0 Å². The van der Waals surface area contributed by atoms with Gasteiger partial charge in [-0.1, -0.05) is 170 Å². The minimum atomic E-state index is -0.110. The standard InChI is InChI=1S/C78H46B2N4O2/c1-3-19-47(20-4-1)81-69-33-17-35-73-77(69)79(61-39-37-49(41-71(61)81)83-65-29-13-9-25-53(65)54-26-10-14-30-66(54)83)63-43-57-51-23-7-8-24-52(51)58-44-64-76(46-60(58)59(57)45-75(63)85-73)86-74-36-18-34-70-78(74)80(64)62-40-38-50(42-72(62)82(70)48-21-5-2-6-22-48)84-67-31-15-11-27-55(67)56-28-12-16-32-68(56)84/h1-46H. The predicted molar refractivity (Wildman–Crippen MR) is 359 cm³/mol. The SMILES string of the molecule is c1ccc(N2c3cc(-n4c5ccccc5c5ccccc54)ccc3B3c4cc5c6ccccc6c6cc7c(cc6c5cc4Oc4cccc2c43)Oc2cccc3c2B7c2ccc(-n4c5ccccc5c5ccccc54)cc2N3c2ccccc2)cc1. The first-order valence-electron chi connectivity index (χ1n) is 29.7. The Labute approximate surface area is 495 Å². The summed E-state index contributed by atoms with van der Waals surface area (Å²) in [6, 6.07) is 103. The highest BCUT2D eigenvalue weighted by atomic mass is 16.5. The molecule has 0 aliphatic carbocycles. The first-order valence-corrected chi connectivity index (χ1v) is 29.7. The smallest absolute Gasteiger partial charge is 0.256 e. The maximum absolute atomic E-state index is 7.29. The molecule has 0 unspecified atom stereocenters. The van der Waals surface area contributed by atoms with E-state index >= 15 is 0 Å². The van der Waals surface area contributed by atoms with Gasteiger partial charge in [0.25, 0.3) is 13.4 Å². The fourth-order valence-corrected chi connectivity index (χ4v) is 15.7. The zero-order chi connectivity index (χ0) is 55.9. The molecule has 0 N–H and O–H groups in total. The van der Waals surface area contributed by atoms with E-state index in [0.29, 0.717) is 0 Å². The third-order valence-electron chi connectivity index (χ3n) is 19.1. The van der Waals surface area contributed by atoms with Crippen molar-refractivity contribution in [1.82, 2.24) is 9.13 Å². The van der Waals surface area contributed by atoms with Gasteiger partial charge in [-0.3, -0.25) is 0 Å². The van der Waals surface area contributed by atoms with E-state index in [1.807, 2.05) is 0 Å². The molecule has 86 heavy (non-hydrogen) atoms. The molecular formula is C78H46B2N4O2. The molecule has 0 bridgehead atoms. The fourth-order valence-electron chi connectivity index (χ4n) is 15.7. The Kier molecular flexibility index (Phi) is 9.26. The Balaban J connectivity index is 0.795. The molecule has 0 spiro atoms. The molecule has 0 radical (unpaired) electrons. The van der Waals surface area contributed by atoms with Crippen LogP contribution in [0.25, 0.3) is 87.3 Å². The van der Waals surface area contributed by atoms with Crippen LogP contribution in [-0.2, 0) is 0 Å². The Morgan fingerprint density at radius 1 is 0.221 bits per heavy atom. The van der Waals surface area contributed by atoms with Crippen molar-refractivity contribution in [3.05, 3.63) is 279 Å². The Hall–Kier alpha value is -11.2. The minimum absolute atomic E-state index is 0.110. The van der Waals surface area contributed by atoms with Crippen LogP contribution in [-0.4, -0.2) is 22.6 Å². The number of benzene rings is 14. The molecule has 0 saturated carbocycles. The average Bonchev–Trinajstić information content (AvgIpc) is 1.31. The van der Waals surface area contributed by atoms with E-state index in [2.05, 4.69) is 298 Å². The van der Waals surface area contributed by atoms with Gasteiger partial charge in [0.2, 0.25) is 0 Å². The molecule has 14 aromatic carbocycles. The van der Waals surface area contributed by atoms with Crippen molar-refractivity contribution in [2.45, 2.75) is 0 Å². The van der Waals surface area contributed by atoms with E-state index in [1.54, 1.807) is 0 Å². The maximum atomic E-state index is 7.29. The summed E-state index contributed by atoms with van der Waals surface area (Å²) >= 11 is 0. The minimum Gasteiger partial charge on any atom is -0.458 e. The third kappa shape index (κ3) is 6.21. The van der Waals surface area contributed by atoms with Gasteiger partial charge in [0.1, 0.15) is 23.0 Å². The van der Waals surface area contributed by atoms with Gasteiger partial charge in [0.05, 0.1) is 22.1 Å². The lowest BCUT2D eigenvalue weighted by Crippen LogP contribution is -2.59. The lowest BCUT2D eigenvalue weighted by atomic mass is 9.34. The topological polar surface area (TPSA) is 34.8 Å². The summed E-state index contributed by atoms with van der Waals surface area (Å²) in [6.45, 7) is -0.221. The molecule has 16 aromatic rings. The van der Waals surface area contributed by atoms with Crippen molar-refractivity contribution < 1.29 is 9.47 Å². The van der Waals surface area contributed by atoms with Crippen molar-refractivity contribution in [1.29, 1.82) is 0 Å². The van der Waals surface area contributed by atoms with Gasteiger partial charge < -0.3 is 28.4 Å². The number of fused-ring (bicyclic) bond motifs is 20. The molecule has 0 amide bonds.